The minimum absolute atomic E-state index is 0.0873. The maximum Gasteiger partial charge on any atom is 0.0645 e. The van der Waals surface area contributed by atoms with Crippen LogP contribution in [0, 0.1) is 0 Å². The normalized spacial score (nSPS) is 15.7. The van der Waals surface area contributed by atoms with Gasteiger partial charge in [0.15, 0.2) is 0 Å². The van der Waals surface area contributed by atoms with Gasteiger partial charge in [0.2, 0.25) is 0 Å². The molecular weight excluding hydrogens is 166 g/mol. The van der Waals surface area contributed by atoms with Gasteiger partial charge in [0.05, 0.1) is 25.4 Å². The number of hydrogen-bond acceptors (Lipinski definition) is 3. The first-order chi connectivity index (χ1) is 6.24. The lowest BCUT2D eigenvalue weighted by atomic mass is 10.2. The molecule has 2 N–H and O–H groups in total. The Hall–Kier alpha value is -0.120. The molecular formula is C10H23NO2. The molecule has 0 aromatic heterocycles. The second kappa shape index (κ2) is 8.48. The number of rotatable bonds is 8. The molecule has 0 amide bonds. The topological polar surface area (TPSA) is 41.5 Å². The Morgan fingerprint density at radius 1 is 1.38 bits per heavy atom. The first-order valence-electron chi connectivity index (χ1n) is 5.20. The van der Waals surface area contributed by atoms with E-state index in [0.29, 0.717) is 12.7 Å². The summed E-state index contributed by atoms with van der Waals surface area (Å²) < 4.78 is 5.57. The Kier molecular flexibility index (Phi) is 8.40. The van der Waals surface area contributed by atoms with E-state index in [9.17, 15) is 0 Å². The average molecular weight is 189 g/mol. The van der Waals surface area contributed by atoms with Crippen molar-refractivity contribution in [1.29, 1.82) is 0 Å². The van der Waals surface area contributed by atoms with Gasteiger partial charge in [-0.25, -0.2) is 0 Å². The molecule has 0 heterocycles. The number of hydrogen-bond donors (Lipinski definition) is 2. The van der Waals surface area contributed by atoms with E-state index >= 15 is 0 Å². The third-order valence-electron chi connectivity index (χ3n) is 1.99. The largest absolute Gasteiger partial charge is 0.395 e. The maximum atomic E-state index is 8.96. The van der Waals surface area contributed by atoms with Crippen molar-refractivity contribution in [2.24, 2.45) is 0 Å². The molecule has 0 bridgehead atoms. The minimum atomic E-state index is 0.0873. The van der Waals surface area contributed by atoms with E-state index in [0.717, 1.165) is 19.4 Å². The van der Waals surface area contributed by atoms with Crippen molar-refractivity contribution in [3.63, 3.8) is 0 Å². The maximum absolute atomic E-state index is 8.96. The number of nitrogens with one attached hydrogen (secondary N) is 1. The molecule has 0 spiro atoms. The van der Waals surface area contributed by atoms with Gasteiger partial charge in [-0.1, -0.05) is 20.3 Å². The molecule has 80 valence electrons. The molecule has 0 radical (unpaired) electrons. The molecule has 0 aliphatic rings. The molecule has 0 rings (SSSR count). The van der Waals surface area contributed by atoms with E-state index in [1.54, 1.807) is 0 Å². The standard InChI is InChI=1S/C10H23NO2/c1-4-6-9(3)13-8-10(7-12)11-5-2/h9-12H,4-8H2,1-3H3. The highest BCUT2D eigenvalue weighted by molar-refractivity contribution is 4.63. The predicted molar refractivity (Wildman–Crippen MR) is 54.9 cm³/mol. The molecule has 0 fully saturated rings. The lowest BCUT2D eigenvalue weighted by Crippen LogP contribution is -2.37. The number of aliphatic hydroxyl groups excluding tert-OH is 1. The first kappa shape index (κ1) is 12.9. The Balaban J connectivity index is 3.46. The highest BCUT2D eigenvalue weighted by Gasteiger charge is 2.07. The fourth-order valence-corrected chi connectivity index (χ4v) is 1.24. The second-order valence-corrected chi connectivity index (χ2v) is 3.37. The van der Waals surface area contributed by atoms with E-state index in [1.807, 2.05) is 6.92 Å². The molecule has 0 aliphatic heterocycles. The Morgan fingerprint density at radius 2 is 2.08 bits per heavy atom. The van der Waals surface area contributed by atoms with Gasteiger partial charge >= 0.3 is 0 Å². The molecule has 13 heavy (non-hydrogen) atoms. The summed E-state index contributed by atoms with van der Waals surface area (Å²) in [5, 5.41) is 12.1. The fourth-order valence-electron chi connectivity index (χ4n) is 1.24. The lowest BCUT2D eigenvalue weighted by Gasteiger charge is -2.18. The minimum Gasteiger partial charge on any atom is -0.395 e. The van der Waals surface area contributed by atoms with E-state index < -0.39 is 0 Å². The van der Waals surface area contributed by atoms with Crippen LogP contribution in [0.1, 0.15) is 33.6 Å². The zero-order valence-corrected chi connectivity index (χ0v) is 9.05. The van der Waals surface area contributed by atoms with Gasteiger partial charge in [-0.2, -0.15) is 0 Å². The average Bonchev–Trinajstić information content (AvgIpc) is 2.12. The Bertz CT molecular complexity index is 109. The highest BCUT2D eigenvalue weighted by Crippen LogP contribution is 2.01. The van der Waals surface area contributed by atoms with Crippen molar-refractivity contribution in [3.8, 4) is 0 Å². The molecule has 0 saturated carbocycles. The zero-order chi connectivity index (χ0) is 10.1. The number of ether oxygens (including phenoxy) is 1. The monoisotopic (exact) mass is 189 g/mol. The molecule has 0 saturated heterocycles. The van der Waals surface area contributed by atoms with E-state index in [1.165, 1.54) is 0 Å². The summed E-state index contributed by atoms with van der Waals surface area (Å²) in [5.41, 5.74) is 0. The van der Waals surface area contributed by atoms with Crippen molar-refractivity contribution in [3.05, 3.63) is 0 Å². The van der Waals surface area contributed by atoms with Crippen molar-refractivity contribution in [1.82, 2.24) is 5.32 Å². The summed E-state index contributed by atoms with van der Waals surface area (Å²) in [7, 11) is 0. The predicted octanol–water partition coefficient (Wildman–Crippen LogP) is 1.16. The molecule has 0 aromatic carbocycles. The van der Waals surface area contributed by atoms with Crippen LogP contribution in [0.4, 0.5) is 0 Å². The van der Waals surface area contributed by atoms with Crippen LogP contribution in [0.25, 0.3) is 0 Å². The van der Waals surface area contributed by atoms with Gasteiger partial charge in [0.25, 0.3) is 0 Å². The molecule has 0 aliphatic carbocycles. The van der Waals surface area contributed by atoms with Crippen LogP contribution in [0.5, 0.6) is 0 Å². The lowest BCUT2D eigenvalue weighted by molar-refractivity contribution is 0.0329. The quantitative estimate of drug-likeness (QED) is 0.602. The molecule has 0 aromatic rings. The smallest absolute Gasteiger partial charge is 0.0645 e. The van der Waals surface area contributed by atoms with Crippen molar-refractivity contribution < 1.29 is 9.84 Å². The van der Waals surface area contributed by atoms with Crippen LogP contribution in [0.3, 0.4) is 0 Å². The van der Waals surface area contributed by atoms with Gasteiger partial charge in [-0.05, 0) is 19.9 Å². The molecule has 3 heteroatoms. The van der Waals surface area contributed by atoms with Gasteiger partial charge in [-0.3, -0.25) is 0 Å². The van der Waals surface area contributed by atoms with Gasteiger partial charge < -0.3 is 15.2 Å². The summed E-state index contributed by atoms with van der Waals surface area (Å²) in [5.74, 6) is 0. The third kappa shape index (κ3) is 6.99. The van der Waals surface area contributed by atoms with Gasteiger partial charge in [0, 0.05) is 0 Å². The van der Waals surface area contributed by atoms with Crippen LogP contribution in [0.2, 0.25) is 0 Å². The Morgan fingerprint density at radius 3 is 2.54 bits per heavy atom. The summed E-state index contributed by atoms with van der Waals surface area (Å²) in [6, 6.07) is 0.0873. The summed E-state index contributed by atoms with van der Waals surface area (Å²) in [6.45, 7) is 7.87. The first-order valence-corrected chi connectivity index (χ1v) is 5.20. The number of aliphatic hydroxyl groups is 1. The highest BCUT2D eigenvalue weighted by atomic mass is 16.5. The van der Waals surface area contributed by atoms with Gasteiger partial charge in [-0.15, -0.1) is 0 Å². The van der Waals surface area contributed by atoms with E-state index in [4.69, 9.17) is 9.84 Å². The van der Waals surface area contributed by atoms with Crippen LogP contribution < -0.4 is 5.32 Å². The number of likely N-dealkylation sites (N-methyl/N-ethyl adjacent to an activating group) is 1. The van der Waals surface area contributed by atoms with Crippen molar-refractivity contribution >= 4 is 0 Å². The SMILES string of the molecule is CCCC(C)OCC(CO)NCC. The molecule has 3 nitrogen and oxygen atoms in total. The molecule has 2 atom stereocenters. The molecule has 2 unspecified atom stereocenters. The second-order valence-electron chi connectivity index (χ2n) is 3.37. The van der Waals surface area contributed by atoms with Crippen molar-refractivity contribution in [2.75, 3.05) is 19.8 Å². The zero-order valence-electron chi connectivity index (χ0n) is 9.05. The third-order valence-corrected chi connectivity index (χ3v) is 1.99. The fraction of sp³-hybridized carbons (Fsp3) is 1.00. The van der Waals surface area contributed by atoms with Crippen LogP contribution in [-0.4, -0.2) is 37.0 Å². The van der Waals surface area contributed by atoms with Crippen LogP contribution in [-0.2, 0) is 4.74 Å². The summed E-state index contributed by atoms with van der Waals surface area (Å²) in [6.07, 6.45) is 2.54. The van der Waals surface area contributed by atoms with Crippen LogP contribution in [0.15, 0.2) is 0 Å². The van der Waals surface area contributed by atoms with Gasteiger partial charge in [0.1, 0.15) is 0 Å². The van der Waals surface area contributed by atoms with Crippen molar-refractivity contribution in [2.45, 2.75) is 45.8 Å². The van der Waals surface area contributed by atoms with E-state index in [-0.39, 0.29) is 12.6 Å². The van der Waals surface area contributed by atoms with Crippen LogP contribution >= 0.6 is 0 Å². The summed E-state index contributed by atoms with van der Waals surface area (Å²) in [4.78, 5) is 0. The summed E-state index contributed by atoms with van der Waals surface area (Å²) >= 11 is 0. The van der Waals surface area contributed by atoms with E-state index in [2.05, 4.69) is 19.2 Å². The Labute approximate surface area is 81.5 Å².